The fourth-order valence-electron chi connectivity index (χ4n) is 0.973. The van der Waals surface area contributed by atoms with Crippen LogP contribution in [0.5, 0.6) is 0 Å². The Morgan fingerprint density at radius 3 is 2.87 bits per heavy atom. The molecule has 2 heterocycles. The summed E-state index contributed by atoms with van der Waals surface area (Å²) in [4.78, 5) is 11.7. The number of aromatic nitrogens is 4. The van der Waals surface area contributed by atoms with Gasteiger partial charge in [-0.15, -0.1) is 0 Å². The summed E-state index contributed by atoms with van der Waals surface area (Å²) in [5.41, 5.74) is 2.42. The Hall–Kier alpha value is -2.22. The highest BCUT2D eigenvalue weighted by Crippen LogP contribution is 2.07. The Kier molecular flexibility index (Phi) is 2.70. The number of hydrogen-bond donors (Lipinski definition) is 3. The van der Waals surface area contributed by atoms with Crippen molar-refractivity contribution in [3.05, 3.63) is 24.6 Å². The molecule has 0 fully saturated rings. The van der Waals surface area contributed by atoms with Gasteiger partial charge < -0.3 is 15.3 Å². The number of nitrogens with one attached hydrogen (secondary N) is 2. The first-order chi connectivity index (χ1) is 7.38. The van der Waals surface area contributed by atoms with Crippen molar-refractivity contribution in [2.24, 2.45) is 5.84 Å². The molecule has 0 spiro atoms. The molecule has 0 aliphatic heterocycles. The molecule has 0 amide bonds. The quantitative estimate of drug-likeness (QED) is 0.464. The fourth-order valence-corrected chi connectivity index (χ4v) is 0.973. The number of hydrazine groups is 1. The Morgan fingerprint density at radius 1 is 1.27 bits per heavy atom. The standard InChI is InChI=1S/C7H9N7O/c8-13-6-1-5(10-3-11-6)9-2-7-12-4-15-14-7/h1,3-4H,2,8H2,(H2,9,10,11,13). The van der Waals surface area contributed by atoms with Gasteiger partial charge in [0.25, 0.3) is 0 Å². The van der Waals surface area contributed by atoms with Crippen molar-refractivity contribution in [1.82, 2.24) is 20.1 Å². The second kappa shape index (κ2) is 4.33. The topological polar surface area (TPSA) is 115 Å². The molecule has 0 unspecified atom stereocenters. The summed E-state index contributed by atoms with van der Waals surface area (Å²) in [6.45, 7) is 0.428. The van der Waals surface area contributed by atoms with E-state index in [2.05, 4.69) is 35.4 Å². The molecule has 2 rings (SSSR count). The average Bonchev–Trinajstić information content (AvgIpc) is 2.79. The highest BCUT2D eigenvalue weighted by Gasteiger charge is 2.00. The van der Waals surface area contributed by atoms with Crippen molar-refractivity contribution in [2.45, 2.75) is 6.54 Å². The SMILES string of the molecule is NNc1cc(NCc2ncon2)ncn1. The first-order valence-corrected chi connectivity index (χ1v) is 4.16. The second-order valence-electron chi connectivity index (χ2n) is 2.63. The van der Waals surface area contributed by atoms with Gasteiger partial charge in [0.2, 0.25) is 6.39 Å². The van der Waals surface area contributed by atoms with E-state index in [1.165, 1.54) is 12.7 Å². The number of nitrogen functional groups attached to an aromatic ring is 1. The van der Waals surface area contributed by atoms with Gasteiger partial charge in [0, 0.05) is 6.07 Å². The normalized spacial score (nSPS) is 9.93. The summed E-state index contributed by atoms with van der Waals surface area (Å²) >= 11 is 0. The molecule has 0 radical (unpaired) electrons. The van der Waals surface area contributed by atoms with Gasteiger partial charge in [-0.3, -0.25) is 0 Å². The van der Waals surface area contributed by atoms with Crippen LogP contribution in [0.2, 0.25) is 0 Å². The van der Waals surface area contributed by atoms with Crippen molar-refractivity contribution >= 4 is 11.6 Å². The lowest BCUT2D eigenvalue weighted by molar-refractivity contribution is 0.411. The number of hydrogen-bond acceptors (Lipinski definition) is 8. The lowest BCUT2D eigenvalue weighted by Gasteiger charge is -2.03. The molecule has 2 aromatic heterocycles. The smallest absolute Gasteiger partial charge is 0.213 e. The molecule has 8 heteroatoms. The van der Waals surface area contributed by atoms with Crippen LogP contribution in [0.1, 0.15) is 5.82 Å². The van der Waals surface area contributed by atoms with Gasteiger partial charge in [-0.25, -0.2) is 15.8 Å². The molecule has 15 heavy (non-hydrogen) atoms. The predicted molar refractivity (Wildman–Crippen MR) is 51.5 cm³/mol. The van der Waals surface area contributed by atoms with Crippen LogP contribution >= 0.6 is 0 Å². The Bertz CT molecular complexity index is 415. The largest absolute Gasteiger partial charge is 0.362 e. The molecule has 0 aliphatic rings. The molecular formula is C7H9N7O. The molecule has 0 saturated heterocycles. The van der Waals surface area contributed by atoms with Gasteiger partial charge in [-0.2, -0.15) is 4.98 Å². The molecule has 8 nitrogen and oxygen atoms in total. The van der Waals surface area contributed by atoms with E-state index in [4.69, 9.17) is 5.84 Å². The maximum atomic E-state index is 5.20. The fraction of sp³-hybridized carbons (Fsp3) is 0.143. The maximum absolute atomic E-state index is 5.20. The van der Waals surface area contributed by atoms with Gasteiger partial charge in [-0.05, 0) is 0 Å². The lowest BCUT2D eigenvalue weighted by atomic mass is 10.5. The Balaban J connectivity index is 1.98. The number of anilines is 2. The van der Waals surface area contributed by atoms with E-state index in [0.29, 0.717) is 24.0 Å². The number of nitrogens with two attached hydrogens (primary N) is 1. The minimum absolute atomic E-state index is 0.428. The first kappa shape index (κ1) is 9.34. The van der Waals surface area contributed by atoms with Crippen molar-refractivity contribution in [3.8, 4) is 0 Å². The summed E-state index contributed by atoms with van der Waals surface area (Å²) in [6, 6.07) is 1.67. The highest BCUT2D eigenvalue weighted by atomic mass is 16.5. The van der Waals surface area contributed by atoms with Gasteiger partial charge >= 0.3 is 0 Å². The van der Waals surface area contributed by atoms with E-state index >= 15 is 0 Å². The first-order valence-electron chi connectivity index (χ1n) is 4.16. The molecule has 0 aromatic carbocycles. The third-order valence-corrected chi connectivity index (χ3v) is 1.65. The Labute approximate surface area is 84.9 Å². The monoisotopic (exact) mass is 207 g/mol. The predicted octanol–water partition coefficient (Wildman–Crippen LogP) is -0.243. The summed E-state index contributed by atoms with van der Waals surface area (Å²) in [6.07, 6.45) is 2.66. The molecule has 0 atom stereocenters. The molecule has 0 saturated carbocycles. The van der Waals surface area contributed by atoms with Crippen LogP contribution < -0.4 is 16.6 Å². The maximum Gasteiger partial charge on any atom is 0.213 e. The minimum atomic E-state index is 0.428. The molecule has 2 aromatic rings. The van der Waals surface area contributed by atoms with Gasteiger partial charge in [0.1, 0.15) is 18.0 Å². The van der Waals surface area contributed by atoms with E-state index < -0.39 is 0 Å². The van der Waals surface area contributed by atoms with Crippen molar-refractivity contribution in [2.75, 3.05) is 10.7 Å². The van der Waals surface area contributed by atoms with E-state index in [0.717, 1.165) is 0 Å². The summed E-state index contributed by atoms with van der Waals surface area (Å²) in [5, 5.41) is 6.63. The summed E-state index contributed by atoms with van der Waals surface area (Å²) in [5.74, 6) is 6.91. The van der Waals surface area contributed by atoms with E-state index in [-0.39, 0.29) is 0 Å². The van der Waals surface area contributed by atoms with Crippen molar-refractivity contribution < 1.29 is 4.52 Å². The molecule has 4 N–H and O–H groups in total. The third kappa shape index (κ3) is 2.38. The molecule has 0 bridgehead atoms. The van der Waals surface area contributed by atoms with Crippen LogP contribution in [0, 0.1) is 0 Å². The van der Waals surface area contributed by atoms with E-state index in [1.54, 1.807) is 6.07 Å². The molecule has 0 aliphatic carbocycles. The van der Waals surface area contributed by atoms with Gasteiger partial charge in [0.05, 0.1) is 6.54 Å². The molecular weight excluding hydrogens is 198 g/mol. The van der Waals surface area contributed by atoms with Crippen molar-refractivity contribution in [3.63, 3.8) is 0 Å². The van der Waals surface area contributed by atoms with E-state index in [1.807, 2.05) is 0 Å². The van der Waals surface area contributed by atoms with Gasteiger partial charge in [0.15, 0.2) is 5.82 Å². The van der Waals surface area contributed by atoms with Crippen LogP contribution in [0.15, 0.2) is 23.3 Å². The minimum Gasteiger partial charge on any atom is -0.362 e. The van der Waals surface area contributed by atoms with Crippen LogP contribution in [0.4, 0.5) is 11.6 Å². The number of rotatable bonds is 4. The highest BCUT2D eigenvalue weighted by molar-refractivity contribution is 5.45. The zero-order valence-electron chi connectivity index (χ0n) is 7.71. The third-order valence-electron chi connectivity index (χ3n) is 1.65. The van der Waals surface area contributed by atoms with Crippen LogP contribution in [-0.2, 0) is 6.54 Å². The number of nitrogens with zero attached hydrogens (tertiary/aromatic N) is 4. The summed E-state index contributed by atoms with van der Waals surface area (Å²) < 4.78 is 4.58. The second-order valence-corrected chi connectivity index (χ2v) is 2.63. The van der Waals surface area contributed by atoms with Crippen LogP contribution in [-0.4, -0.2) is 20.1 Å². The molecule has 78 valence electrons. The zero-order chi connectivity index (χ0) is 10.5. The zero-order valence-corrected chi connectivity index (χ0v) is 7.71. The van der Waals surface area contributed by atoms with Crippen LogP contribution in [0.3, 0.4) is 0 Å². The van der Waals surface area contributed by atoms with Crippen LogP contribution in [0.25, 0.3) is 0 Å². The average molecular weight is 207 g/mol. The van der Waals surface area contributed by atoms with Crippen molar-refractivity contribution in [1.29, 1.82) is 0 Å². The Morgan fingerprint density at radius 2 is 2.13 bits per heavy atom. The van der Waals surface area contributed by atoms with E-state index in [9.17, 15) is 0 Å². The summed E-state index contributed by atoms with van der Waals surface area (Å²) in [7, 11) is 0. The lowest BCUT2D eigenvalue weighted by Crippen LogP contribution is -2.10. The van der Waals surface area contributed by atoms with Gasteiger partial charge in [-0.1, -0.05) is 5.16 Å².